The first-order chi connectivity index (χ1) is 9.78. The third-order valence-electron chi connectivity index (χ3n) is 3.23. The van der Waals surface area contributed by atoms with Gasteiger partial charge in [0.2, 0.25) is 15.9 Å². The summed E-state index contributed by atoms with van der Waals surface area (Å²) >= 11 is 0. The van der Waals surface area contributed by atoms with Crippen LogP contribution in [0, 0.1) is 6.92 Å². The molecule has 1 unspecified atom stereocenters. The molecule has 1 rings (SSSR count). The lowest BCUT2D eigenvalue weighted by atomic mass is 10.00. The van der Waals surface area contributed by atoms with E-state index in [0.717, 1.165) is 11.1 Å². The number of carbonyl (C=O) groups is 1. The van der Waals surface area contributed by atoms with E-state index in [1.807, 2.05) is 50.2 Å². The van der Waals surface area contributed by atoms with Gasteiger partial charge in [0.25, 0.3) is 0 Å². The highest BCUT2D eigenvalue weighted by Crippen LogP contribution is 2.21. The molecule has 1 aromatic rings. The third-order valence-corrected chi connectivity index (χ3v) is 4.59. The molecule has 7 heteroatoms. The summed E-state index contributed by atoms with van der Waals surface area (Å²) in [6.07, 6.45) is 0. The fourth-order valence-electron chi connectivity index (χ4n) is 2.05. The van der Waals surface area contributed by atoms with Gasteiger partial charge in [-0.05, 0) is 39.2 Å². The molecule has 0 spiro atoms. The lowest BCUT2D eigenvalue weighted by molar-refractivity contribution is -0.125. The van der Waals surface area contributed by atoms with Gasteiger partial charge in [0.1, 0.15) is 6.04 Å². The van der Waals surface area contributed by atoms with Crippen molar-refractivity contribution in [3.8, 4) is 0 Å². The van der Waals surface area contributed by atoms with Crippen LogP contribution in [0.15, 0.2) is 24.3 Å². The molecule has 1 atom stereocenters. The maximum atomic E-state index is 12.3. The Morgan fingerprint density at radius 2 is 1.90 bits per heavy atom. The molecular formula is C14H23N3O3S. The zero-order chi connectivity index (χ0) is 16.0. The molecule has 2 N–H and O–H groups in total. The fraction of sp³-hybridized carbons (Fsp3) is 0.500. The predicted octanol–water partition coefficient (Wildman–Crippen LogP) is 0.263. The summed E-state index contributed by atoms with van der Waals surface area (Å²) in [4.78, 5) is 14.2. The quantitative estimate of drug-likeness (QED) is 0.757. The molecule has 0 saturated heterocycles. The number of amides is 1. The van der Waals surface area contributed by atoms with Crippen LogP contribution in [0.3, 0.4) is 0 Å². The molecule has 118 valence electrons. The van der Waals surface area contributed by atoms with Gasteiger partial charge >= 0.3 is 0 Å². The number of aryl methyl sites for hydroxylation is 1. The summed E-state index contributed by atoms with van der Waals surface area (Å²) in [7, 11) is 1.68. The second kappa shape index (κ2) is 7.53. The summed E-state index contributed by atoms with van der Waals surface area (Å²) in [5.74, 6) is -0.344. The van der Waals surface area contributed by atoms with Crippen molar-refractivity contribution in [2.24, 2.45) is 0 Å². The van der Waals surface area contributed by atoms with Crippen molar-refractivity contribution in [3.05, 3.63) is 35.4 Å². The lowest BCUT2D eigenvalue weighted by Crippen LogP contribution is -2.40. The highest BCUT2D eigenvalue weighted by molar-refractivity contribution is 7.89. The van der Waals surface area contributed by atoms with Crippen molar-refractivity contribution < 1.29 is 13.2 Å². The van der Waals surface area contributed by atoms with Crippen LogP contribution in [-0.2, 0) is 14.8 Å². The van der Waals surface area contributed by atoms with Gasteiger partial charge in [-0.3, -0.25) is 9.69 Å². The van der Waals surface area contributed by atoms with E-state index in [1.54, 1.807) is 0 Å². The Labute approximate surface area is 126 Å². The van der Waals surface area contributed by atoms with Gasteiger partial charge < -0.3 is 5.32 Å². The second-order valence-corrected chi connectivity index (χ2v) is 7.08. The Bertz CT molecular complexity index is 585. The maximum absolute atomic E-state index is 12.3. The van der Waals surface area contributed by atoms with Crippen LogP contribution in [-0.4, -0.2) is 52.7 Å². The Morgan fingerprint density at radius 3 is 2.43 bits per heavy atom. The first-order valence-corrected chi connectivity index (χ1v) is 8.34. The van der Waals surface area contributed by atoms with Gasteiger partial charge in [-0.15, -0.1) is 0 Å². The van der Waals surface area contributed by atoms with E-state index in [4.69, 9.17) is 0 Å². The molecule has 0 aliphatic carbocycles. The van der Waals surface area contributed by atoms with Gasteiger partial charge in [-0.2, -0.15) is 0 Å². The summed E-state index contributed by atoms with van der Waals surface area (Å²) in [5.41, 5.74) is 1.94. The van der Waals surface area contributed by atoms with Crippen LogP contribution in [0.1, 0.15) is 17.2 Å². The molecule has 0 heterocycles. The number of nitrogens with one attached hydrogen (secondary N) is 2. The van der Waals surface area contributed by atoms with Gasteiger partial charge in [0.15, 0.2) is 0 Å². The van der Waals surface area contributed by atoms with Crippen molar-refractivity contribution in [1.29, 1.82) is 0 Å². The summed E-state index contributed by atoms with van der Waals surface area (Å²) in [5, 5.41) is 2.68. The molecule has 0 radical (unpaired) electrons. The van der Waals surface area contributed by atoms with E-state index in [2.05, 4.69) is 10.0 Å². The minimum Gasteiger partial charge on any atom is -0.353 e. The van der Waals surface area contributed by atoms with Crippen LogP contribution in [0.25, 0.3) is 0 Å². The average molecular weight is 313 g/mol. The standard InChI is InChI=1S/C14H23N3O3S/c1-11-7-5-6-8-12(11)13(17(3)4)14(18)16-9-10-21(19,20)15-2/h5-8,13,15H,9-10H2,1-4H3,(H,16,18). The molecule has 0 aromatic heterocycles. The predicted molar refractivity (Wildman–Crippen MR) is 83.5 cm³/mol. The number of benzene rings is 1. The monoisotopic (exact) mass is 313 g/mol. The Morgan fingerprint density at radius 1 is 1.29 bits per heavy atom. The number of carbonyl (C=O) groups excluding carboxylic acids is 1. The number of rotatable bonds is 7. The SMILES string of the molecule is CNS(=O)(=O)CCNC(=O)C(c1ccccc1C)N(C)C. The van der Waals surface area contributed by atoms with Gasteiger partial charge in [0, 0.05) is 6.54 Å². The van der Waals surface area contributed by atoms with Crippen LogP contribution >= 0.6 is 0 Å². The minimum atomic E-state index is -3.31. The molecule has 0 aliphatic rings. The number of hydrogen-bond donors (Lipinski definition) is 2. The summed E-state index contributed by atoms with van der Waals surface area (Å²) < 4.78 is 24.9. The number of sulfonamides is 1. The average Bonchev–Trinajstić information content (AvgIpc) is 2.40. The van der Waals surface area contributed by atoms with Gasteiger partial charge in [0.05, 0.1) is 5.75 Å². The first kappa shape index (κ1) is 17.6. The molecule has 0 saturated carbocycles. The molecule has 0 aliphatic heterocycles. The summed E-state index contributed by atoms with van der Waals surface area (Å²) in [6.45, 7) is 2.03. The van der Waals surface area contributed by atoms with Crippen molar-refractivity contribution in [2.75, 3.05) is 33.4 Å². The molecule has 0 fully saturated rings. The largest absolute Gasteiger partial charge is 0.353 e. The second-order valence-electron chi connectivity index (χ2n) is 5.04. The van der Waals surface area contributed by atoms with Gasteiger partial charge in [-0.25, -0.2) is 13.1 Å². The molecule has 0 bridgehead atoms. The van der Waals surface area contributed by atoms with Gasteiger partial charge in [-0.1, -0.05) is 24.3 Å². The molecule has 1 aromatic carbocycles. The van der Waals surface area contributed by atoms with E-state index in [1.165, 1.54) is 7.05 Å². The van der Waals surface area contributed by atoms with Crippen molar-refractivity contribution >= 4 is 15.9 Å². The van der Waals surface area contributed by atoms with Crippen LogP contribution in [0.4, 0.5) is 0 Å². The van der Waals surface area contributed by atoms with E-state index in [9.17, 15) is 13.2 Å². The normalized spacial score (nSPS) is 13.2. The van der Waals surface area contributed by atoms with Crippen molar-refractivity contribution in [3.63, 3.8) is 0 Å². The topological polar surface area (TPSA) is 78.5 Å². The highest BCUT2D eigenvalue weighted by Gasteiger charge is 2.24. The van der Waals surface area contributed by atoms with E-state index in [0.29, 0.717) is 0 Å². The third kappa shape index (κ3) is 5.11. The minimum absolute atomic E-state index is 0.0816. The Kier molecular flexibility index (Phi) is 6.32. The number of nitrogens with zero attached hydrogens (tertiary/aromatic N) is 1. The number of hydrogen-bond acceptors (Lipinski definition) is 4. The van der Waals surface area contributed by atoms with E-state index >= 15 is 0 Å². The molecule has 6 nitrogen and oxygen atoms in total. The van der Waals surface area contributed by atoms with Crippen LogP contribution < -0.4 is 10.0 Å². The summed E-state index contributed by atoms with van der Waals surface area (Å²) in [6, 6.07) is 7.22. The van der Waals surface area contributed by atoms with Crippen LogP contribution in [0.5, 0.6) is 0 Å². The van der Waals surface area contributed by atoms with E-state index < -0.39 is 16.1 Å². The highest BCUT2D eigenvalue weighted by atomic mass is 32.2. The van der Waals surface area contributed by atoms with E-state index in [-0.39, 0.29) is 18.2 Å². The zero-order valence-electron chi connectivity index (χ0n) is 12.9. The molecule has 21 heavy (non-hydrogen) atoms. The van der Waals surface area contributed by atoms with Crippen LogP contribution in [0.2, 0.25) is 0 Å². The fourth-order valence-corrected chi connectivity index (χ4v) is 2.63. The van der Waals surface area contributed by atoms with Crippen molar-refractivity contribution in [2.45, 2.75) is 13.0 Å². The number of likely N-dealkylation sites (N-methyl/N-ethyl adjacent to an activating group) is 1. The molecular weight excluding hydrogens is 290 g/mol. The Hall–Kier alpha value is -1.44. The smallest absolute Gasteiger partial charge is 0.241 e. The Balaban J connectivity index is 2.79. The first-order valence-electron chi connectivity index (χ1n) is 6.69. The zero-order valence-corrected chi connectivity index (χ0v) is 13.7. The molecule has 1 amide bonds. The maximum Gasteiger partial charge on any atom is 0.241 e. The lowest BCUT2D eigenvalue weighted by Gasteiger charge is -2.25. The van der Waals surface area contributed by atoms with Crippen molar-refractivity contribution in [1.82, 2.24) is 14.9 Å².